The molecule has 1 aromatic heterocycles. The number of benzene rings is 1. The van der Waals surface area contributed by atoms with Crippen molar-refractivity contribution in [2.45, 2.75) is 6.54 Å². The van der Waals surface area contributed by atoms with Gasteiger partial charge in [0, 0.05) is 30.9 Å². The van der Waals surface area contributed by atoms with Crippen LogP contribution >= 0.6 is 36.4 Å². The van der Waals surface area contributed by atoms with Crippen LogP contribution in [-0.2, 0) is 6.54 Å². The molecule has 1 heterocycles. The van der Waals surface area contributed by atoms with Gasteiger partial charge in [-0.3, -0.25) is 0 Å². The third-order valence-electron chi connectivity index (χ3n) is 3.08. The summed E-state index contributed by atoms with van der Waals surface area (Å²) in [6.07, 6.45) is 1.83. The molecule has 2 aromatic rings. The maximum absolute atomic E-state index is 5.94. The van der Waals surface area contributed by atoms with Crippen LogP contribution in [0.1, 0.15) is 5.56 Å². The molecule has 0 aliphatic heterocycles. The highest BCUT2D eigenvalue weighted by molar-refractivity contribution is 6.30. The van der Waals surface area contributed by atoms with E-state index in [-0.39, 0.29) is 24.8 Å². The summed E-state index contributed by atoms with van der Waals surface area (Å²) in [4.78, 5) is 8.91. The normalized spacial score (nSPS) is 9.82. The lowest BCUT2D eigenvalue weighted by molar-refractivity contribution is 0.412. The van der Waals surface area contributed by atoms with Crippen molar-refractivity contribution in [3.8, 4) is 0 Å². The highest BCUT2D eigenvalue weighted by atomic mass is 35.5. The molecule has 22 heavy (non-hydrogen) atoms. The minimum absolute atomic E-state index is 0. The number of pyridine rings is 1. The average molecular weight is 363 g/mol. The van der Waals surface area contributed by atoms with Gasteiger partial charge in [-0.2, -0.15) is 0 Å². The molecule has 0 saturated heterocycles. The summed E-state index contributed by atoms with van der Waals surface area (Å²) in [6, 6.07) is 14.0. The summed E-state index contributed by atoms with van der Waals surface area (Å²) in [7, 11) is 4.16. The molecule has 0 bridgehead atoms. The Morgan fingerprint density at radius 1 is 0.955 bits per heavy atom. The Labute approximate surface area is 150 Å². The number of halogens is 3. The highest BCUT2D eigenvalue weighted by Crippen LogP contribution is 2.16. The largest absolute Gasteiger partial charge is 0.351 e. The van der Waals surface area contributed by atoms with Crippen molar-refractivity contribution in [1.82, 2.24) is 9.88 Å². The summed E-state index contributed by atoms with van der Waals surface area (Å²) in [5.41, 5.74) is 1.24. The molecule has 0 amide bonds. The van der Waals surface area contributed by atoms with Crippen LogP contribution in [0.2, 0.25) is 5.02 Å². The molecule has 3 nitrogen and oxygen atoms in total. The summed E-state index contributed by atoms with van der Waals surface area (Å²) >= 11 is 5.94. The highest BCUT2D eigenvalue weighted by Gasteiger charge is 2.08. The predicted molar refractivity (Wildman–Crippen MR) is 99.8 cm³/mol. The summed E-state index contributed by atoms with van der Waals surface area (Å²) in [6.45, 7) is 2.76. The number of rotatable bonds is 6. The molecular weight excluding hydrogens is 341 g/mol. The van der Waals surface area contributed by atoms with Crippen molar-refractivity contribution in [3.05, 3.63) is 59.2 Å². The first-order valence-corrected chi connectivity index (χ1v) is 7.08. The van der Waals surface area contributed by atoms with E-state index in [0.29, 0.717) is 0 Å². The zero-order chi connectivity index (χ0) is 14.4. The first-order chi connectivity index (χ1) is 9.65. The van der Waals surface area contributed by atoms with Gasteiger partial charge in [-0.25, -0.2) is 4.98 Å². The monoisotopic (exact) mass is 361 g/mol. The zero-order valence-corrected chi connectivity index (χ0v) is 15.2. The van der Waals surface area contributed by atoms with Gasteiger partial charge < -0.3 is 9.80 Å². The second kappa shape index (κ2) is 10.7. The van der Waals surface area contributed by atoms with Crippen LogP contribution in [0.3, 0.4) is 0 Å². The molecule has 0 aliphatic carbocycles. The van der Waals surface area contributed by atoms with E-state index in [9.17, 15) is 0 Å². The number of anilines is 1. The third kappa shape index (κ3) is 6.84. The number of hydrogen-bond donors (Lipinski definition) is 0. The van der Waals surface area contributed by atoms with Crippen molar-refractivity contribution in [3.63, 3.8) is 0 Å². The molecule has 0 aliphatic rings. The number of hydrogen-bond acceptors (Lipinski definition) is 3. The smallest absolute Gasteiger partial charge is 0.128 e. The molecular formula is C16H22Cl3N3. The van der Waals surface area contributed by atoms with Gasteiger partial charge in [0.25, 0.3) is 0 Å². The second-order valence-corrected chi connectivity index (χ2v) is 5.48. The van der Waals surface area contributed by atoms with Crippen molar-refractivity contribution >= 4 is 42.2 Å². The molecule has 122 valence electrons. The van der Waals surface area contributed by atoms with Crippen molar-refractivity contribution < 1.29 is 0 Å². The van der Waals surface area contributed by atoms with Gasteiger partial charge in [0.05, 0.1) is 0 Å². The fraction of sp³-hybridized carbons (Fsp3) is 0.312. The first-order valence-electron chi connectivity index (χ1n) is 6.70. The number of likely N-dealkylation sites (N-methyl/N-ethyl adjacent to an activating group) is 1. The summed E-state index contributed by atoms with van der Waals surface area (Å²) in [5.74, 6) is 1.00. The fourth-order valence-corrected chi connectivity index (χ4v) is 2.07. The van der Waals surface area contributed by atoms with E-state index in [1.807, 2.05) is 36.5 Å². The Hall–Kier alpha value is -1.000. The minimum atomic E-state index is 0. The van der Waals surface area contributed by atoms with Gasteiger partial charge >= 0.3 is 0 Å². The molecule has 6 heteroatoms. The maximum atomic E-state index is 5.94. The Morgan fingerprint density at radius 2 is 1.64 bits per heavy atom. The van der Waals surface area contributed by atoms with Gasteiger partial charge in [-0.1, -0.05) is 29.8 Å². The average Bonchev–Trinajstić information content (AvgIpc) is 2.46. The van der Waals surface area contributed by atoms with Gasteiger partial charge in [-0.15, -0.1) is 24.8 Å². The van der Waals surface area contributed by atoms with Crippen LogP contribution in [0.5, 0.6) is 0 Å². The SMILES string of the molecule is CN(C)CCN(Cc1ccc(Cl)cc1)c1ccccn1.Cl.Cl. The van der Waals surface area contributed by atoms with E-state index >= 15 is 0 Å². The van der Waals surface area contributed by atoms with Gasteiger partial charge in [-0.05, 0) is 43.9 Å². The van der Waals surface area contributed by atoms with Gasteiger partial charge in [0.15, 0.2) is 0 Å². The van der Waals surface area contributed by atoms with Gasteiger partial charge in [0.1, 0.15) is 5.82 Å². The molecule has 0 spiro atoms. The molecule has 0 saturated carbocycles. The topological polar surface area (TPSA) is 19.4 Å². The van der Waals surface area contributed by atoms with Gasteiger partial charge in [0.2, 0.25) is 0 Å². The summed E-state index contributed by atoms with van der Waals surface area (Å²) < 4.78 is 0. The molecule has 1 aromatic carbocycles. The minimum Gasteiger partial charge on any atom is -0.351 e. The first kappa shape index (κ1) is 21.0. The molecule has 0 N–H and O–H groups in total. The van der Waals surface area contributed by atoms with E-state index in [1.165, 1.54) is 5.56 Å². The van der Waals surface area contributed by atoms with Crippen LogP contribution in [0.25, 0.3) is 0 Å². The predicted octanol–water partition coefficient (Wildman–Crippen LogP) is 4.15. The zero-order valence-electron chi connectivity index (χ0n) is 12.8. The van der Waals surface area contributed by atoms with E-state index < -0.39 is 0 Å². The molecule has 2 rings (SSSR count). The number of nitrogens with zero attached hydrogens (tertiary/aromatic N) is 3. The van der Waals surface area contributed by atoms with E-state index in [1.54, 1.807) is 0 Å². The Morgan fingerprint density at radius 3 is 2.18 bits per heavy atom. The lowest BCUT2D eigenvalue weighted by atomic mass is 10.2. The Bertz CT molecular complexity index is 518. The second-order valence-electron chi connectivity index (χ2n) is 5.04. The lowest BCUT2D eigenvalue weighted by Gasteiger charge is -2.25. The van der Waals surface area contributed by atoms with Crippen LogP contribution in [0.15, 0.2) is 48.7 Å². The van der Waals surface area contributed by atoms with E-state index in [4.69, 9.17) is 11.6 Å². The maximum Gasteiger partial charge on any atom is 0.128 e. The number of aromatic nitrogens is 1. The van der Waals surface area contributed by atoms with Crippen molar-refractivity contribution in [1.29, 1.82) is 0 Å². The van der Waals surface area contributed by atoms with E-state index in [2.05, 4.69) is 41.0 Å². The van der Waals surface area contributed by atoms with E-state index in [0.717, 1.165) is 30.5 Å². The molecule has 0 unspecified atom stereocenters. The fourth-order valence-electron chi connectivity index (χ4n) is 1.95. The molecule has 0 fully saturated rings. The standard InChI is InChI=1S/C16H20ClN3.2ClH/c1-19(2)11-12-20(16-5-3-4-10-18-16)13-14-6-8-15(17)9-7-14;;/h3-10H,11-13H2,1-2H3;2*1H. The quantitative estimate of drug-likeness (QED) is 0.769. The third-order valence-corrected chi connectivity index (χ3v) is 3.33. The van der Waals surface area contributed by atoms with Crippen LogP contribution in [0, 0.1) is 0 Å². The van der Waals surface area contributed by atoms with Crippen LogP contribution in [0.4, 0.5) is 5.82 Å². The molecule has 0 atom stereocenters. The van der Waals surface area contributed by atoms with Crippen LogP contribution in [-0.4, -0.2) is 37.1 Å². The van der Waals surface area contributed by atoms with Crippen molar-refractivity contribution in [2.75, 3.05) is 32.1 Å². The Kier molecular flexibility index (Phi) is 10.2. The van der Waals surface area contributed by atoms with Crippen LogP contribution < -0.4 is 4.90 Å². The van der Waals surface area contributed by atoms with Crippen molar-refractivity contribution in [2.24, 2.45) is 0 Å². The molecule has 0 radical (unpaired) electrons. The summed E-state index contributed by atoms with van der Waals surface area (Å²) in [5, 5.41) is 0.770. The lowest BCUT2D eigenvalue weighted by Crippen LogP contribution is -2.31. The Balaban J connectivity index is 0.00000220.